The fourth-order valence-electron chi connectivity index (χ4n) is 2.53. The number of benzene rings is 1. The lowest BCUT2D eigenvalue weighted by Gasteiger charge is -2.12. The van der Waals surface area contributed by atoms with E-state index in [1.54, 1.807) is 14.2 Å². The van der Waals surface area contributed by atoms with Crippen LogP contribution < -0.4 is 19.5 Å². The summed E-state index contributed by atoms with van der Waals surface area (Å²) in [6.45, 7) is 5.62. The highest BCUT2D eigenvalue weighted by Crippen LogP contribution is 2.27. The van der Waals surface area contributed by atoms with Gasteiger partial charge in [-0.15, -0.1) is 0 Å². The summed E-state index contributed by atoms with van der Waals surface area (Å²) >= 11 is 0. The van der Waals surface area contributed by atoms with E-state index in [-0.39, 0.29) is 0 Å². The number of rotatable bonds is 11. The molecule has 1 aromatic heterocycles. The van der Waals surface area contributed by atoms with Gasteiger partial charge < -0.3 is 19.5 Å². The van der Waals surface area contributed by atoms with E-state index in [2.05, 4.69) is 22.2 Å². The van der Waals surface area contributed by atoms with Crippen LogP contribution in [0.3, 0.4) is 0 Å². The second kappa shape index (κ2) is 10.5. The van der Waals surface area contributed by atoms with E-state index in [4.69, 9.17) is 14.2 Å². The molecule has 0 bridgehead atoms. The summed E-state index contributed by atoms with van der Waals surface area (Å²) in [5, 5.41) is 3.42. The van der Waals surface area contributed by atoms with Gasteiger partial charge in [0.25, 0.3) is 0 Å². The predicted octanol–water partition coefficient (Wildman–Crippen LogP) is 4.03. The van der Waals surface area contributed by atoms with Crippen LogP contribution in [0.25, 0.3) is 0 Å². The number of aromatic nitrogens is 2. The summed E-state index contributed by atoms with van der Waals surface area (Å²) in [4.78, 5) is 8.86. The molecule has 6 heteroatoms. The van der Waals surface area contributed by atoms with Gasteiger partial charge in [-0.2, -0.15) is 0 Å². The first-order valence-corrected chi connectivity index (χ1v) is 9.08. The summed E-state index contributed by atoms with van der Waals surface area (Å²) in [7, 11) is 3.26. The van der Waals surface area contributed by atoms with E-state index in [1.165, 1.54) is 0 Å². The van der Waals surface area contributed by atoms with Gasteiger partial charge in [0.2, 0.25) is 0 Å². The van der Waals surface area contributed by atoms with E-state index in [0.717, 1.165) is 55.2 Å². The van der Waals surface area contributed by atoms with Crippen LogP contribution in [-0.4, -0.2) is 37.3 Å². The molecule has 0 atom stereocenters. The Balaban J connectivity index is 1.89. The van der Waals surface area contributed by atoms with Crippen LogP contribution >= 0.6 is 0 Å². The van der Waals surface area contributed by atoms with E-state index < -0.39 is 0 Å². The molecule has 1 aromatic carbocycles. The molecule has 6 nitrogen and oxygen atoms in total. The molecular weight excluding hydrogens is 330 g/mol. The first kappa shape index (κ1) is 19.8. The molecule has 0 fully saturated rings. The summed E-state index contributed by atoms with van der Waals surface area (Å²) in [5.74, 6) is 3.89. The number of unbranched alkanes of at least 4 members (excludes halogenated alkanes) is 1. The summed E-state index contributed by atoms with van der Waals surface area (Å²) < 4.78 is 16.4. The molecule has 142 valence electrons. The van der Waals surface area contributed by atoms with Crippen LogP contribution in [0.5, 0.6) is 17.2 Å². The largest absolute Gasteiger partial charge is 0.496 e. The highest BCUT2D eigenvalue weighted by molar-refractivity contribution is 5.43. The van der Waals surface area contributed by atoms with Crippen LogP contribution in [0.4, 0.5) is 5.82 Å². The SMILES string of the molecule is CCCCNc1nc(C)ncc1CCCOc1cc(OC)cc(OC)c1. The number of hydrogen-bond acceptors (Lipinski definition) is 6. The predicted molar refractivity (Wildman–Crippen MR) is 104 cm³/mol. The van der Waals surface area contributed by atoms with Gasteiger partial charge in [-0.1, -0.05) is 13.3 Å². The van der Waals surface area contributed by atoms with Crippen molar-refractivity contribution in [1.82, 2.24) is 9.97 Å². The van der Waals surface area contributed by atoms with Gasteiger partial charge in [-0.05, 0) is 26.2 Å². The third kappa shape index (κ3) is 6.10. The Labute approximate surface area is 155 Å². The first-order chi connectivity index (χ1) is 12.7. The number of aryl methyl sites for hydroxylation is 2. The Morgan fingerprint density at radius 1 is 1.00 bits per heavy atom. The normalized spacial score (nSPS) is 10.5. The zero-order chi connectivity index (χ0) is 18.8. The second-order valence-electron chi connectivity index (χ2n) is 6.07. The highest BCUT2D eigenvalue weighted by Gasteiger charge is 2.07. The quantitative estimate of drug-likeness (QED) is 0.611. The Morgan fingerprint density at radius 3 is 2.35 bits per heavy atom. The minimum atomic E-state index is 0.596. The summed E-state index contributed by atoms with van der Waals surface area (Å²) in [5.41, 5.74) is 1.12. The van der Waals surface area contributed by atoms with Gasteiger partial charge in [0, 0.05) is 36.5 Å². The van der Waals surface area contributed by atoms with Gasteiger partial charge >= 0.3 is 0 Å². The zero-order valence-electron chi connectivity index (χ0n) is 16.2. The molecule has 1 N–H and O–H groups in total. The third-order valence-corrected chi connectivity index (χ3v) is 3.99. The molecule has 0 aliphatic rings. The average molecular weight is 359 g/mol. The molecule has 1 heterocycles. The van der Waals surface area contributed by atoms with Crippen molar-refractivity contribution in [3.8, 4) is 17.2 Å². The van der Waals surface area contributed by atoms with Gasteiger partial charge in [-0.25, -0.2) is 9.97 Å². The second-order valence-corrected chi connectivity index (χ2v) is 6.07. The number of nitrogens with zero attached hydrogens (tertiary/aromatic N) is 2. The molecule has 26 heavy (non-hydrogen) atoms. The highest BCUT2D eigenvalue weighted by atomic mass is 16.5. The lowest BCUT2D eigenvalue weighted by atomic mass is 10.1. The molecule has 0 aliphatic heterocycles. The molecule has 0 spiro atoms. The number of ether oxygens (including phenoxy) is 3. The Bertz CT molecular complexity index is 670. The monoisotopic (exact) mass is 359 g/mol. The molecule has 0 aliphatic carbocycles. The zero-order valence-corrected chi connectivity index (χ0v) is 16.2. The van der Waals surface area contributed by atoms with Gasteiger partial charge in [-0.3, -0.25) is 0 Å². The Morgan fingerprint density at radius 2 is 1.69 bits per heavy atom. The standard InChI is InChI=1S/C20H29N3O3/c1-5-6-9-21-20-16(14-22-15(2)23-20)8-7-10-26-19-12-17(24-3)11-18(13-19)25-4/h11-14H,5-10H2,1-4H3,(H,21,22,23). The molecule has 0 saturated heterocycles. The van der Waals surface area contributed by atoms with E-state index in [1.807, 2.05) is 31.3 Å². The maximum Gasteiger partial charge on any atom is 0.132 e. The van der Waals surface area contributed by atoms with Crippen molar-refractivity contribution in [3.63, 3.8) is 0 Å². The van der Waals surface area contributed by atoms with E-state index in [9.17, 15) is 0 Å². The van der Waals surface area contributed by atoms with Crippen molar-refractivity contribution in [1.29, 1.82) is 0 Å². The van der Waals surface area contributed by atoms with E-state index in [0.29, 0.717) is 18.1 Å². The minimum absolute atomic E-state index is 0.596. The third-order valence-electron chi connectivity index (χ3n) is 3.99. The molecule has 2 aromatic rings. The maximum absolute atomic E-state index is 5.85. The molecular formula is C20H29N3O3. The molecule has 0 amide bonds. The molecule has 0 saturated carbocycles. The summed E-state index contributed by atoms with van der Waals surface area (Å²) in [6.07, 6.45) is 5.92. The van der Waals surface area contributed by atoms with Crippen LogP contribution in [0.2, 0.25) is 0 Å². The van der Waals surface area contributed by atoms with Crippen molar-refractivity contribution >= 4 is 5.82 Å². The number of anilines is 1. The lowest BCUT2D eigenvalue weighted by Crippen LogP contribution is -2.09. The smallest absolute Gasteiger partial charge is 0.132 e. The van der Waals surface area contributed by atoms with Crippen LogP contribution in [0, 0.1) is 6.92 Å². The molecule has 0 unspecified atom stereocenters. The number of methoxy groups -OCH3 is 2. The first-order valence-electron chi connectivity index (χ1n) is 9.08. The van der Waals surface area contributed by atoms with Crippen molar-refractivity contribution in [3.05, 3.63) is 35.8 Å². The lowest BCUT2D eigenvalue weighted by molar-refractivity contribution is 0.305. The Kier molecular flexibility index (Phi) is 7.99. The number of hydrogen-bond donors (Lipinski definition) is 1. The van der Waals surface area contributed by atoms with Gasteiger partial charge in [0.15, 0.2) is 0 Å². The van der Waals surface area contributed by atoms with Gasteiger partial charge in [0.1, 0.15) is 28.9 Å². The van der Waals surface area contributed by atoms with Gasteiger partial charge in [0.05, 0.1) is 20.8 Å². The van der Waals surface area contributed by atoms with Crippen molar-refractivity contribution < 1.29 is 14.2 Å². The molecule has 0 radical (unpaired) electrons. The van der Waals surface area contributed by atoms with Crippen molar-refractivity contribution in [2.24, 2.45) is 0 Å². The Hall–Kier alpha value is -2.50. The van der Waals surface area contributed by atoms with Crippen molar-refractivity contribution in [2.75, 3.05) is 32.7 Å². The minimum Gasteiger partial charge on any atom is -0.496 e. The van der Waals surface area contributed by atoms with Crippen LogP contribution in [0.1, 0.15) is 37.6 Å². The van der Waals surface area contributed by atoms with Crippen LogP contribution in [0.15, 0.2) is 24.4 Å². The van der Waals surface area contributed by atoms with E-state index >= 15 is 0 Å². The van der Waals surface area contributed by atoms with Crippen molar-refractivity contribution in [2.45, 2.75) is 39.5 Å². The average Bonchev–Trinajstić information content (AvgIpc) is 2.66. The fraction of sp³-hybridized carbons (Fsp3) is 0.500. The van der Waals surface area contributed by atoms with Crippen LogP contribution in [-0.2, 0) is 6.42 Å². The topological polar surface area (TPSA) is 65.5 Å². The molecule has 2 rings (SSSR count). The summed E-state index contributed by atoms with van der Waals surface area (Å²) in [6, 6.07) is 5.54. The maximum atomic E-state index is 5.85. The number of nitrogens with one attached hydrogen (secondary N) is 1. The fourth-order valence-corrected chi connectivity index (χ4v) is 2.53.